The first-order valence-electron chi connectivity index (χ1n) is 11.0. The fourth-order valence-electron chi connectivity index (χ4n) is 3.98. The van der Waals surface area contributed by atoms with Crippen LogP contribution in [0.15, 0.2) is 60.7 Å². The average molecular weight is 441 g/mol. The lowest BCUT2D eigenvalue weighted by Crippen LogP contribution is -2.21. The Hall–Kier alpha value is -4.00. The predicted molar refractivity (Wildman–Crippen MR) is 126 cm³/mol. The van der Waals surface area contributed by atoms with Crippen LogP contribution in [0, 0.1) is 13.8 Å². The second-order valence-electron chi connectivity index (χ2n) is 8.30. The molecule has 0 spiro atoms. The second-order valence-corrected chi connectivity index (χ2v) is 8.30. The number of hydrogen-bond acceptors (Lipinski definition) is 5. The fraction of sp³-hybridized carbons (Fsp3) is 0.231. The van der Waals surface area contributed by atoms with Gasteiger partial charge in [-0.25, -0.2) is 9.48 Å². The zero-order valence-electron chi connectivity index (χ0n) is 18.5. The topological polar surface area (TPSA) is 86.1 Å². The van der Waals surface area contributed by atoms with Crippen molar-refractivity contribution in [1.82, 2.24) is 14.8 Å². The Balaban J connectivity index is 1.31. The van der Waals surface area contributed by atoms with Crippen molar-refractivity contribution in [2.24, 2.45) is 0 Å². The lowest BCUT2D eigenvalue weighted by Gasteiger charge is -2.10. The second kappa shape index (κ2) is 8.50. The third-order valence-electron chi connectivity index (χ3n) is 5.84. The first kappa shape index (κ1) is 20.9. The van der Waals surface area contributed by atoms with E-state index in [1.807, 2.05) is 68.4 Å². The van der Waals surface area contributed by atoms with Gasteiger partial charge in [-0.3, -0.25) is 9.78 Å². The maximum absolute atomic E-state index is 12.9. The van der Waals surface area contributed by atoms with Gasteiger partial charge in [0.2, 0.25) is 0 Å². The molecule has 1 aliphatic rings. The van der Waals surface area contributed by atoms with Crippen LogP contribution in [0.5, 0.6) is 0 Å². The Morgan fingerprint density at radius 2 is 1.79 bits per heavy atom. The molecule has 0 aliphatic heterocycles. The summed E-state index contributed by atoms with van der Waals surface area (Å²) in [5.74, 6) is -0.543. The summed E-state index contributed by atoms with van der Waals surface area (Å²) in [6.07, 6.45) is 2.16. The number of nitrogens with one attached hydrogen (secondary N) is 1. The summed E-state index contributed by atoms with van der Waals surface area (Å²) < 4.78 is 7.17. The molecule has 0 radical (unpaired) electrons. The molecule has 7 heteroatoms. The summed E-state index contributed by atoms with van der Waals surface area (Å²) >= 11 is 0. The Morgan fingerprint density at radius 1 is 1.06 bits per heavy atom. The van der Waals surface area contributed by atoms with Gasteiger partial charge in [-0.05, 0) is 51.0 Å². The highest BCUT2D eigenvalue weighted by Crippen LogP contribution is 2.40. The molecule has 1 aliphatic carbocycles. The molecule has 2 aromatic carbocycles. The lowest BCUT2D eigenvalue weighted by molar-refractivity contribution is -0.119. The zero-order chi connectivity index (χ0) is 22.9. The van der Waals surface area contributed by atoms with E-state index in [2.05, 4.69) is 15.4 Å². The van der Waals surface area contributed by atoms with Gasteiger partial charge in [0, 0.05) is 17.0 Å². The number of para-hydroxylation sites is 2. The first-order chi connectivity index (χ1) is 16.0. The van der Waals surface area contributed by atoms with E-state index in [1.54, 1.807) is 10.7 Å². The fourth-order valence-corrected chi connectivity index (χ4v) is 3.98. The van der Waals surface area contributed by atoms with Crippen LogP contribution in [-0.4, -0.2) is 33.2 Å². The lowest BCUT2D eigenvalue weighted by atomic mass is 10.1. The van der Waals surface area contributed by atoms with Gasteiger partial charge < -0.3 is 10.1 Å². The van der Waals surface area contributed by atoms with E-state index in [0.29, 0.717) is 22.9 Å². The molecule has 166 valence electrons. The number of benzene rings is 2. The van der Waals surface area contributed by atoms with Crippen molar-refractivity contribution in [3.63, 3.8) is 0 Å². The summed E-state index contributed by atoms with van der Waals surface area (Å²) in [6, 6.07) is 19.0. The third kappa shape index (κ3) is 4.22. The maximum Gasteiger partial charge on any atom is 0.339 e. The SMILES string of the molecule is Cc1nn(-c2ccccc2)c(C)c1NC(=O)COC(=O)c1cc(C2CC2)nc2ccccc12. The van der Waals surface area contributed by atoms with Gasteiger partial charge in [0.1, 0.15) is 0 Å². The van der Waals surface area contributed by atoms with Crippen molar-refractivity contribution in [2.75, 3.05) is 11.9 Å². The van der Waals surface area contributed by atoms with Crippen LogP contribution in [0.2, 0.25) is 0 Å². The number of carbonyl (C=O) groups is 2. The molecular weight excluding hydrogens is 416 g/mol. The molecular formula is C26H24N4O3. The zero-order valence-corrected chi connectivity index (χ0v) is 18.5. The van der Waals surface area contributed by atoms with E-state index in [-0.39, 0.29) is 6.61 Å². The smallest absolute Gasteiger partial charge is 0.339 e. The normalized spacial score (nSPS) is 13.2. The quantitative estimate of drug-likeness (QED) is 0.439. The maximum atomic E-state index is 12.9. The number of pyridine rings is 1. The molecule has 1 fully saturated rings. The van der Waals surface area contributed by atoms with Crippen molar-refractivity contribution in [1.29, 1.82) is 0 Å². The number of carbonyl (C=O) groups excluding carboxylic acids is 2. The van der Waals surface area contributed by atoms with Crippen molar-refractivity contribution >= 4 is 28.5 Å². The molecule has 2 heterocycles. The van der Waals surface area contributed by atoms with Gasteiger partial charge in [-0.15, -0.1) is 0 Å². The summed E-state index contributed by atoms with van der Waals surface area (Å²) in [5.41, 5.74) is 5.12. The van der Waals surface area contributed by atoms with Gasteiger partial charge in [0.15, 0.2) is 6.61 Å². The van der Waals surface area contributed by atoms with E-state index in [4.69, 9.17) is 4.74 Å². The Labute approximate surface area is 191 Å². The van der Waals surface area contributed by atoms with Crippen LogP contribution in [-0.2, 0) is 9.53 Å². The van der Waals surface area contributed by atoms with E-state index < -0.39 is 11.9 Å². The molecule has 0 bridgehead atoms. The summed E-state index contributed by atoms with van der Waals surface area (Å²) in [5, 5.41) is 8.10. The number of aryl methyl sites for hydroxylation is 1. The number of esters is 1. The van der Waals surface area contributed by atoms with Crippen molar-refractivity contribution < 1.29 is 14.3 Å². The van der Waals surface area contributed by atoms with Crippen LogP contribution < -0.4 is 5.32 Å². The van der Waals surface area contributed by atoms with Crippen LogP contribution in [0.3, 0.4) is 0 Å². The monoisotopic (exact) mass is 440 g/mol. The Kier molecular flexibility index (Phi) is 5.38. The standard InChI is InChI=1S/C26H24N4O3/c1-16-25(17(2)30(29-16)19-8-4-3-5-9-19)28-24(31)15-33-26(32)21-14-23(18-12-13-18)27-22-11-7-6-10-20(21)22/h3-11,14,18H,12-13,15H2,1-2H3,(H,28,31). The average Bonchev–Trinajstić information content (AvgIpc) is 3.65. The summed E-state index contributed by atoms with van der Waals surface area (Å²) in [4.78, 5) is 30.2. The molecule has 0 saturated heterocycles. The van der Waals surface area contributed by atoms with Gasteiger partial charge in [-0.1, -0.05) is 36.4 Å². The number of amides is 1. The predicted octanol–water partition coefficient (Wildman–Crippen LogP) is 4.71. The molecule has 2 aromatic heterocycles. The molecule has 7 nitrogen and oxygen atoms in total. The van der Waals surface area contributed by atoms with E-state index in [0.717, 1.165) is 40.8 Å². The molecule has 1 amide bonds. The van der Waals surface area contributed by atoms with E-state index in [9.17, 15) is 9.59 Å². The number of rotatable bonds is 6. The minimum atomic E-state index is -0.529. The number of fused-ring (bicyclic) bond motifs is 1. The largest absolute Gasteiger partial charge is 0.452 e. The number of nitrogens with zero attached hydrogens (tertiary/aromatic N) is 3. The summed E-state index contributed by atoms with van der Waals surface area (Å²) in [7, 11) is 0. The van der Waals surface area contributed by atoms with Gasteiger partial charge in [0.25, 0.3) is 5.91 Å². The molecule has 1 saturated carbocycles. The molecule has 1 N–H and O–H groups in total. The van der Waals surface area contributed by atoms with Gasteiger partial charge in [-0.2, -0.15) is 5.10 Å². The Bertz CT molecular complexity index is 1360. The Morgan fingerprint density at radius 3 is 2.55 bits per heavy atom. The highest BCUT2D eigenvalue weighted by atomic mass is 16.5. The first-order valence-corrected chi connectivity index (χ1v) is 11.0. The van der Waals surface area contributed by atoms with Crippen molar-refractivity contribution in [3.8, 4) is 5.69 Å². The van der Waals surface area contributed by atoms with Crippen molar-refractivity contribution in [3.05, 3.63) is 83.3 Å². The molecule has 5 rings (SSSR count). The van der Waals surface area contributed by atoms with Crippen LogP contribution >= 0.6 is 0 Å². The van der Waals surface area contributed by atoms with Crippen LogP contribution in [0.1, 0.15) is 46.2 Å². The highest BCUT2D eigenvalue weighted by Gasteiger charge is 2.27. The number of aromatic nitrogens is 3. The van der Waals surface area contributed by atoms with Crippen LogP contribution in [0.25, 0.3) is 16.6 Å². The van der Waals surface area contributed by atoms with E-state index in [1.165, 1.54) is 0 Å². The third-order valence-corrected chi connectivity index (χ3v) is 5.84. The number of ether oxygens (including phenoxy) is 1. The molecule has 0 atom stereocenters. The molecule has 4 aromatic rings. The molecule has 33 heavy (non-hydrogen) atoms. The minimum absolute atomic E-state index is 0.385. The van der Waals surface area contributed by atoms with Gasteiger partial charge in [0.05, 0.1) is 33.8 Å². The van der Waals surface area contributed by atoms with Crippen LogP contribution in [0.4, 0.5) is 5.69 Å². The highest BCUT2D eigenvalue weighted by molar-refractivity contribution is 6.04. The van der Waals surface area contributed by atoms with Gasteiger partial charge >= 0.3 is 5.97 Å². The van der Waals surface area contributed by atoms with Crippen molar-refractivity contribution in [2.45, 2.75) is 32.6 Å². The number of hydrogen-bond donors (Lipinski definition) is 1. The molecule has 0 unspecified atom stereocenters. The number of anilines is 1. The van der Waals surface area contributed by atoms with E-state index >= 15 is 0 Å². The minimum Gasteiger partial charge on any atom is -0.452 e. The summed E-state index contributed by atoms with van der Waals surface area (Å²) in [6.45, 7) is 3.33.